The number of likely N-dealkylation sites (N-methyl/N-ethyl adjacent to an activating group) is 1. The van der Waals surface area contributed by atoms with E-state index >= 15 is 0 Å². The van der Waals surface area contributed by atoms with Gasteiger partial charge in [0.05, 0.1) is 5.41 Å². The Morgan fingerprint density at radius 3 is 2.20 bits per heavy atom. The van der Waals surface area contributed by atoms with Crippen LogP contribution in [0, 0.1) is 11.3 Å². The van der Waals surface area contributed by atoms with Crippen LogP contribution in [0.15, 0.2) is 0 Å². The molecule has 0 aromatic carbocycles. The third-order valence-corrected chi connectivity index (χ3v) is 4.28. The first kappa shape index (κ1) is 17.4. The Hall–Kier alpha value is -0.610. The van der Waals surface area contributed by atoms with Gasteiger partial charge in [-0.2, -0.15) is 0 Å². The molecule has 1 aliphatic rings. The third kappa shape index (κ3) is 5.41. The predicted molar refractivity (Wildman–Crippen MR) is 83.0 cm³/mol. The molecule has 0 amide bonds. The quantitative estimate of drug-likeness (QED) is 0.744. The molecule has 0 radical (unpaired) electrons. The van der Waals surface area contributed by atoms with E-state index in [1.165, 1.54) is 6.42 Å². The van der Waals surface area contributed by atoms with E-state index in [4.69, 9.17) is 0 Å². The zero-order valence-electron chi connectivity index (χ0n) is 13.7. The molecule has 0 heterocycles. The van der Waals surface area contributed by atoms with Crippen molar-refractivity contribution in [3.05, 3.63) is 0 Å². The molecule has 0 spiro atoms. The Labute approximate surface area is 124 Å². The summed E-state index contributed by atoms with van der Waals surface area (Å²) in [6, 6.07) is 0. The Balaban J connectivity index is 2.70. The van der Waals surface area contributed by atoms with Crippen LogP contribution in [0.4, 0.5) is 0 Å². The van der Waals surface area contributed by atoms with E-state index in [-0.39, 0.29) is 0 Å². The van der Waals surface area contributed by atoms with Gasteiger partial charge in [0.1, 0.15) is 0 Å². The second-order valence-corrected chi connectivity index (χ2v) is 7.08. The fourth-order valence-electron chi connectivity index (χ4n) is 3.19. The fourth-order valence-corrected chi connectivity index (χ4v) is 3.19. The van der Waals surface area contributed by atoms with E-state index < -0.39 is 11.4 Å². The molecule has 4 heteroatoms. The lowest BCUT2D eigenvalue weighted by molar-refractivity contribution is -0.152. The highest BCUT2D eigenvalue weighted by Crippen LogP contribution is 2.37. The molecule has 20 heavy (non-hydrogen) atoms. The lowest BCUT2D eigenvalue weighted by Gasteiger charge is -2.38. The Kier molecular flexibility index (Phi) is 6.96. The number of carbonyl (C=O) groups is 1. The van der Waals surface area contributed by atoms with Crippen LogP contribution in [0.25, 0.3) is 0 Å². The van der Waals surface area contributed by atoms with Gasteiger partial charge in [-0.25, -0.2) is 0 Å². The number of hydrogen-bond donors (Lipinski definition) is 1. The van der Waals surface area contributed by atoms with E-state index in [0.717, 1.165) is 45.3 Å². The first-order chi connectivity index (χ1) is 9.35. The molecule has 0 aromatic rings. The molecule has 0 saturated heterocycles. The van der Waals surface area contributed by atoms with Gasteiger partial charge in [0.2, 0.25) is 0 Å². The highest BCUT2D eigenvalue weighted by atomic mass is 16.4. The van der Waals surface area contributed by atoms with Crippen molar-refractivity contribution < 1.29 is 9.90 Å². The zero-order valence-corrected chi connectivity index (χ0v) is 13.7. The third-order valence-electron chi connectivity index (χ3n) is 4.28. The van der Waals surface area contributed by atoms with Crippen LogP contribution >= 0.6 is 0 Å². The molecule has 118 valence electrons. The van der Waals surface area contributed by atoms with Gasteiger partial charge in [0.15, 0.2) is 0 Å². The van der Waals surface area contributed by atoms with Crippen molar-refractivity contribution in [2.75, 3.05) is 40.3 Å². The molecule has 1 N–H and O–H groups in total. The average molecular weight is 284 g/mol. The average Bonchev–Trinajstić information content (AvgIpc) is 2.36. The molecule has 0 aliphatic heterocycles. The fraction of sp³-hybridized carbons (Fsp3) is 0.938. The second kappa shape index (κ2) is 7.99. The minimum Gasteiger partial charge on any atom is -0.481 e. The van der Waals surface area contributed by atoms with Gasteiger partial charge in [-0.15, -0.1) is 0 Å². The number of rotatable bonds is 8. The minimum absolute atomic E-state index is 0.501. The monoisotopic (exact) mass is 284 g/mol. The summed E-state index contributed by atoms with van der Waals surface area (Å²) >= 11 is 0. The maximum atomic E-state index is 11.8. The van der Waals surface area contributed by atoms with Gasteiger partial charge in [-0.1, -0.05) is 33.1 Å². The molecule has 1 rings (SSSR count). The summed E-state index contributed by atoms with van der Waals surface area (Å²) in [6.07, 6.45) is 5.01. The number of carboxylic acids is 1. The van der Waals surface area contributed by atoms with Crippen molar-refractivity contribution in [1.29, 1.82) is 0 Å². The maximum Gasteiger partial charge on any atom is 0.310 e. The molecule has 1 saturated carbocycles. The van der Waals surface area contributed by atoms with Gasteiger partial charge in [-0.3, -0.25) is 4.79 Å². The Morgan fingerprint density at radius 2 is 1.75 bits per heavy atom. The Morgan fingerprint density at radius 1 is 1.15 bits per heavy atom. The standard InChI is InChI=1S/C16H32N2O2/c1-14(2)12-18(11-10-17(3)4)13-16(15(19)20)8-6-5-7-9-16/h14H,5-13H2,1-4H3,(H,19,20). The maximum absolute atomic E-state index is 11.8. The van der Waals surface area contributed by atoms with Crippen molar-refractivity contribution >= 4 is 5.97 Å². The van der Waals surface area contributed by atoms with Gasteiger partial charge < -0.3 is 14.9 Å². The van der Waals surface area contributed by atoms with Crippen molar-refractivity contribution in [3.8, 4) is 0 Å². The lowest BCUT2D eigenvalue weighted by Crippen LogP contribution is -2.47. The zero-order chi connectivity index (χ0) is 15.2. The number of carboxylic acid groups (broad SMARTS) is 1. The normalized spacial score (nSPS) is 18.9. The van der Waals surface area contributed by atoms with Crippen LogP contribution < -0.4 is 0 Å². The highest BCUT2D eigenvalue weighted by Gasteiger charge is 2.40. The summed E-state index contributed by atoms with van der Waals surface area (Å²) < 4.78 is 0. The van der Waals surface area contributed by atoms with Gasteiger partial charge in [0.25, 0.3) is 0 Å². The predicted octanol–water partition coefficient (Wildman–Crippen LogP) is 2.54. The van der Waals surface area contributed by atoms with E-state index in [9.17, 15) is 9.90 Å². The van der Waals surface area contributed by atoms with Gasteiger partial charge in [-0.05, 0) is 32.9 Å². The van der Waals surface area contributed by atoms with E-state index in [0.29, 0.717) is 12.5 Å². The summed E-state index contributed by atoms with van der Waals surface area (Å²) in [5.74, 6) is -0.0117. The molecule has 4 nitrogen and oxygen atoms in total. The molecule has 0 bridgehead atoms. The van der Waals surface area contributed by atoms with Gasteiger partial charge in [0, 0.05) is 26.2 Å². The highest BCUT2D eigenvalue weighted by molar-refractivity contribution is 5.75. The van der Waals surface area contributed by atoms with E-state index in [1.54, 1.807) is 0 Å². The summed E-state index contributed by atoms with van der Waals surface area (Å²) in [4.78, 5) is 16.3. The van der Waals surface area contributed by atoms with Crippen LogP contribution in [0.3, 0.4) is 0 Å². The van der Waals surface area contributed by atoms with Crippen LogP contribution in [-0.2, 0) is 4.79 Å². The molecule has 1 fully saturated rings. The molecule has 0 unspecified atom stereocenters. The topological polar surface area (TPSA) is 43.8 Å². The summed E-state index contributed by atoms with van der Waals surface area (Å²) in [5.41, 5.74) is -0.501. The van der Waals surface area contributed by atoms with Crippen molar-refractivity contribution in [1.82, 2.24) is 9.80 Å². The summed E-state index contributed by atoms with van der Waals surface area (Å²) in [6.45, 7) is 8.06. The number of nitrogens with zero attached hydrogens (tertiary/aromatic N) is 2. The number of hydrogen-bond acceptors (Lipinski definition) is 3. The first-order valence-electron chi connectivity index (χ1n) is 7.96. The first-order valence-corrected chi connectivity index (χ1v) is 7.96. The molecular formula is C16H32N2O2. The van der Waals surface area contributed by atoms with E-state index in [2.05, 4.69) is 37.7 Å². The largest absolute Gasteiger partial charge is 0.481 e. The summed E-state index contributed by atoms with van der Waals surface area (Å²) in [5, 5.41) is 9.71. The smallest absolute Gasteiger partial charge is 0.310 e. The summed E-state index contributed by atoms with van der Waals surface area (Å²) in [7, 11) is 4.14. The van der Waals surface area contributed by atoms with Gasteiger partial charge >= 0.3 is 5.97 Å². The van der Waals surface area contributed by atoms with Crippen molar-refractivity contribution in [2.45, 2.75) is 46.0 Å². The Bertz CT molecular complexity index is 297. The second-order valence-electron chi connectivity index (χ2n) is 7.08. The molecule has 0 aromatic heterocycles. The van der Waals surface area contributed by atoms with Crippen molar-refractivity contribution in [3.63, 3.8) is 0 Å². The van der Waals surface area contributed by atoms with Crippen LogP contribution in [0.2, 0.25) is 0 Å². The SMILES string of the molecule is CC(C)CN(CCN(C)C)CC1(C(=O)O)CCCCC1. The minimum atomic E-state index is -0.587. The van der Waals surface area contributed by atoms with Crippen LogP contribution in [-0.4, -0.2) is 61.2 Å². The molecule has 1 aliphatic carbocycles. The lowest BCUT2D eigenvalue weighted by atomic mass is 9.73. The van der Waals surface area contributed by atoms with Crippen LogP contribution in [0.1, 0.15) is 46.0 Å². The van der Waals surface area contributed by atoms with E-state index in [1.807, 2.05) is 0 Å². The number of aliphatic carboxylic acids is 1. The molecular weight excluding hydrogens is 252 g/mol. The molecule has 0 atom stereocenters. The van der Waals surface area contributed by atoms with Crippen molar-refractivity contribution in [2.24, 2.45) is 11.3 Å². The van der Waals surface area contributed by atoms with Crippen LogP contribution in [0.5, 0.6) is 0 Å².